The van der Waals surface area contributed by atoms with Crippen molar-refractivity contribution in [1.29, 1.82) is 0 Å². The SMILES string of the molecule is N.[AlH3].[SiH4].[Ti]. The largest absolute Gasteiger partial charge is 0.344 e. The summed E-state index contributed by atoms with van der Waals surface area (Å²) in [6.07, 6.45) is 0. The zero-order valence-corrected chi connectivity index (χ0v) is 2.77. The van der Waals surface area contributed by atoms with Crippen molar-refractivity contribution >= 4 is 28.3 Å². The predicted octanol–water partition coefficient (Wildman–Crippen LogP) is -2.48. The fourth-order valence-corrected chi connectivity index (χ4v) is 0. The van der Waals surface area contributed by atoms with Gasteiger partial charge >= 0.3 is 0 Å². The minimum Gasteiger partial charge on any atom is -0.344 e. The number of hydrogen-bond acceptors (Lipinski definition) is 1. The van der Waals surface area contributed by atoms with E-state index in [1.165, 1.54) is 0 Å². The molecule has 0 saturated carbocycles. The van der Waals surface area contributed by atoms with Gasteiger partial charge in [-0.1, -0.05) is 0 Å². The van der Waals surface area contributed by atoms with Crippen LogP contribution in [0.2, 0.25) is 0 Å². The molecule has 0 amide bonds. The van der Waals surface area contributed by atoms with Crippen LogP contribution in [0.15, 0.2) is 0 Å². The van der Waals surface area contributed by atoms with Crippen molar-refractivity contribution in [3.8, 4) is 0 Å². The smallest absolute Gasteiger partial charge is 0.187 e. The van der Waals surface area contributed by atoms with Crippen molar-refractivity contribution in [3.05, 3.63) is 0 Å². The Morgan fingerprint density at radius 1 is 1.00 bits per heavy atom. The van der Waals surface area contributed by atoms with Crippen LogP contribution in [-0.4, -0.2) is 28.3 Å². The van der Waals surface area contributed by atoms with Crippen molar-refractivity contribution in [2.45, 2.75) is 0 Å². The predicted molar refractivity (Wildman–Crippen MR) is 26.3 cm³/mol. The van der Waals surface area contributed by atoms with Crippen molar-refractivity contribution in [2.24, 2.45) is 0 Å². The summed E-state index contributed by atoms with van der Waals surface area (Å²) in [6, 6.07) is 0. The molecule has 0 aliphatic rings. The Hall–Kier alpha value is 1.42. The molecule has 1 nitrogen and oxygen atoms in total. The molecular weight excluding hydrogens is 117 g/mol. The molecule has 4 heavy (non-hydrogen) atoms. The first kappa shape index (κ1) is 52.4. The molecule has 0 rings (SSSR count). The average Bonchev–Trinajstić information content (AvgIpc) is 0. The van der Waals surface area contributed by atoms with E-state index in [0.717, 1.165) is 0 Å². The minimum absolute atomic E-state index is 0. The van der Waals surface area contributed by atoms with Crippen molar-refractivity contribution < 1.29 is 21.7 Å². The normalized spacial score (nSPS) is 0. The van der Waals surface area contributed by atoms with E-state index in [4.69, 9.17) is 0 Å². The van der Waals surface area contributed by atoms with Crippen LogP contribution in [0, 0.1) is 0 Å². The van der Waals surface area contributed by atoms with Crippen LogP contribution in [0.25, 0.3) is 0 Å². The summed E-state index contributed by atoms with van der Waals surface area (Å²) >= 11 is 0. The van der Waals surface area contributed by atoms with Crippen LogP contribution >= 0.6 is 0 Å². The molecule has 0 radical (unpaired) electrons. The Balaban J connectivity index is 0. The zero-order valence-electron chi connectivity index (χ0n) is 1.21. The molecule has 4 heteroatoms. The van der Waals surface area contributed by atoms with Crippen LogP contribution in [0.3, 0.4) is 0 Å². The first-order valence-corrected chi connectivity index (χ1v) is 0. The summed E-state index contributed by atoms with van der Waals surface area (Å²) in [7, 11) is 0. The van der Waals surface area contributed by atoms with Gasteiger partial charge in [0.25, 0.3) is 0 Å². The second kappa shape index (κ2) is 25.6. The second-order valence-corrected chi connectivity index (χ2v) is 0. The molecule has 0 unspecified atom stereocenters. The molecule has 26 valence electrons. The van der Waals surface area contributed by atoms with Gasteiger partial charge in [-0.25, -0.2) is 0 Å². The molecular formula is H10AlNSiTi. The van der Waals surface area contributed by atoms with Gasteiger partial charge in [0.05, 0.1) is 0 Å². The molecule has 0 aliphatic carbocycles. The summed E-state index contributed by atoms with van der Waals surface area (Å²) in [5.41, 5.74) is 0. The quantitative estimate of drug-likeness (QED) is 0.359. The van der Waals surface area contributed by atoms with Gasteiger partial charge in [0.2, 0.25) is 0 Å². The van der Waals surface area contributed by atoms with Gasteiger partial charge in [-0.2, -0.15) is 0 Å². The third-order valence-electron chi connectivity index (χ3n) is 0. The molecule has 0 aromatic rings. The van der Waals surface area contributed by atoms with E-state index in [2.05, 4.69) is 0 Å². The molecule has 0 saturated heterocycles. The standard InChI is InChI=1S/Al.H3N.H4Si.Ti.3H/h;1H3;1H4;;;;. The molecule has 0 heterocycles. The molecule has 0 aromatic carbocycles. The maximum atomic E-state index is 0. The Kier molecular flexibility index (Phi) is 335. The number of hydrogen-bond donors (Lipinski definition) is 1. The van der Waals surface area contributed by atoms with Crippen LogP contribution in [0.4, 0.5) is 0 Å². The topological polar surface area (TPSA) is 35.0 Å². The van der Waals surface area contributed by atoms with Crippen molar-refractivity contribution in [3.63, 3.8) is 0 Å². The van der Waals surface area contributed by atoms with Crippen LogP contribution in [0.5, 0.6) is 0 Å². The van der Waals surface area contributed by atoms with Gasteiger partial charge in [-0.05, 0) is 11.0 Å². The van der Waals surface area contributed by atoms with Gasteiger partial charge in [-0.15, -0.1) is 0 Å². The Bertz CT molecular complexity index is 8.00. The van der Waals surface area contributed by atoms with Gasteiger partial charge < -0.3 is 6.15 Å². The Morgan fingerprint density at radius 2 is 1.00 bits per heavy atom. The average molecular weight is 127 g/mol. The molecule has 0 spiro atoms. The third-order valence-corrected chi connectivity index (χ3v) is 0. The summed E-state index contributed by atoms with van der Waals surface area (Å²) in [5, 5.41) is 0. The van der Waals surface area contributed by atoms with Gasteiger partial charge in [0, 0.05) is 21.7 Å². The van der Waals surface area contributed by atoms with Crippen LogP contribution in [0.1, 0.15) is 0 Å². The Labute approximate surface area is 56.2 Å². The molecule has 0 aromatic heterocycles. The maximum absolute atomic E-state index is 0. The monoisotopic (exact) mass is 127 g/mol. The molecule has 0 atom stereocenters. The van der Waals surface area contributed by atoms with E-state index >= 15 is 0 Å². The fourth-order valence-electron chi connectivity index (χ4n) is 0. The van der Waals surface area contributed by atoms with E-state index < -0.39 is 0 Å². The second-order valence-electron chi connectivity index (χ2n) is 0. The molecule has 0 bridgehead atoms. The van der Waals surface area contributed by atoms with E-state index in [1.807, 2.05) is 0 Å². The summed E-state index contributed by atoms with van der Waals surface area (Å²) in [6.45, 7) is 0. The summed E-state index contributed by atoms with van der Waals surface area (Å²) in [4.78, 5) is 0. The van der Waals surface area contributed by atoms with E-state index in [0.29, 0.717) is 0 Å². The fraction of sp³-hybridized carbons (Fsp3) is 0. The van der Waals surface area contributed by atoms with E-state index in [9.17, 15) is 0 Å². The minimum atomic E-state index is 0. The molecule has 3 N–H and O–H groups in total. The van der Waals surface area contributed by atoms with Gasteiger partial charge in [-0.3, -0.25) is 0 Å². The first-order chi connectivity index (χ1) is 0. The third kappa shape index (κ3) is 9.92. The summed E-state index contributed by atoms with van der Waals surface area (Å²) < 4.78 is 0. The molecule has 0 fully saturated rings. The van der Waals surface area contributed by atoms with Gasteiger partial charge in [0.15, 0.2) is 17.4 Å². The van der Waals surface area contributed by atoms with Crippen molar-refractivity contribution in [2.75, 3.05) is 0 Å². The zero-order chi connectivity index (χ0) is 0. The van der Waals surface area contributed by atoms with E-state index in [1.54, 1.807) is 0 Å². The van der Waals surface area contributed by atoms with Crippen LogP contribution in [-0.2, 0) is 21.7 Å². The first-order valence-electron chi connectivity index (χ1n) is 0. The maximum Gasteiger partial charge on any atom is 0.187 e. The number of rotatable bonds is 0. The Morgan fingerprint density at radius 3 is 1.00 bits per heavy atom. The van der Waals surface area contributed by atoms with Crippen molar-refractivity contribution in [1.82, 2.24) is 6.15 Å². The van der Waals surface area contributed by atoms with Gasteiger partial charge in [0.1, 0.15) is 0 Å². The molecule has 0 aliphatic heterocycles. The summed E-state index contributed by atoms with van der Waals surface area (Å²) in [5.74, 6) is 0. The van der Waals surface area contributed by atoms with E-state index in [-0.39, 0.29) is 56.2 Å². The van der Waals surface area contributed by atoms with Crippen LogP contribution < -0.4 is 6.15 Å².